The summed E-state index contributed by atoms with van der Waals surface area (Å²) in [6.45, 7) is 4.91. The zero-order chi connectivity index (χ0) is 24.8. The normalized spacial score (nSPS) is 32.2. The summed E-state index contributed by atoms with van der Waals surface area (Å²) in [5, 5.41) is 44.3. The highest BCUT2D eigenvalue weighted by atomic mass is 16.5. The van der Waals surface area contributed by atoms with Gasteiger partial charge in [0.05, 0.1) is 31.3 Å². The highest BCUT2D eigenvalue weighted by molar-refractivity contribution is 5.94. The van der Waals surface area contributed by atoms with Gasteiger partial charge in [-0.2, -0.15) is 0 Å². The lowest BCUT2D eigenvalue weighted by atomic mass is 9.94. The van der Waals surface area contributed by atoms with Crippen LogP contribution in [0.15, 0.2) is 53.8 Å². The lowest BCUT2D eigenvalue weighted by Gasteiger charge is -2.20. The van der Waals surface area contributed by atoms with E-state index in [1.54, 1.807) is 32.9 Å². The van der Waals surface area contributed by atoms with E-state index in [9.17, 15) is 30.0 Å². The lowest BCUT2D eigenvalue weighted by molar-refractivity contribution is -0.120. The maximum Gasteiger partial charge on any atom is 0.227 e. The molecule has 1 aromatic rings. The molecule has 4 atom stereocenters. The highest BCUT2D eigenvalue weighted by Crippen LogP contribution is 2.25. The van der Waals surface area contributed by atoms with Crippen LogP contribution in [0.25, 0.3) is 0 Å². The quantitative estimate of drug-likeness (QED) is 0.407. The molecular formula is C25H33NO7. The van der Waals surface area contributed by atoms with Crippen molar-refractivity contribution in [1.29, 1.82) is 0 Å². The number of aliphatic hydroxyl groups excluding tert-OH is 2. The molecule has 8 nitrogen and oxygen atoms in total. The Labute approximate surface area is 193 Å². The first-order chi connectivity index (χ1) is 15.4. The molecule has 180 valence electrons. The number of phenols is 1. The van der Waals surface area contributed by atoms with Gasteiger partial charge in [0.1, 0.15) is 5.75 Å². The van der Waals surface area contributed by atoms with Crippen molar-refractivity contribution in [2.24, 2.45) is 5.92 Å². The van der Waals surface area contributed by atoms with E-state index in [1.165, 1.54) is 37.5 Å². The SMILES string of the molecule is CO/C1=C\C=C\C(C)(O)Cc2cc(O)cc(c2)NC(=O)C[C@H](O)/C(C)=C/[C@H](C)[C@@H](O)CC1=O. The molecule has 8 heteroatoms. The number of fused-ring (bicyclic) bond motifs is 2. The number of benzene rings is 1. The lowest BCUT2D eigenvalue weighted by Crippen LogP contribution is -2.24. The number of methoxy groups -OCH3 is 1. The molecule has 33 heavy (non-hydrogen) atoms. The zero-order valence-corrected chi connectivity index (χ0v) is 19.4. The monoisotopic (exact) mass is 459 g/mol. The molecular weight excluding hydrogens is 426 g/mol. The van der Waals surface area contributed by atoms with Gasteiger partial charge in [-0.3, -0.25) is 9.59 Å². The summed E-state index contributed by atoms with van der Waals surface area (Å²) < 4.78 is 5.15. The Bertz CT molecular complexity index is 962. The predicted molar refractivity (Wildman–Crippen MR) is 124 cm³/mol. The number of amides is 1. The molecule has 0 fully saturated rings. The van der Waals surface area contributed by atoms with Crippen LogP contribution in [0.5, 0.6) is 5.75 Å². The molecule has 1 heterocycles. The zero-order valence-electron chi connectivity index (χ0n) is 19.4. The van der Waals surface area contributed by atoms with Crippen molar-refractivity contribution in [3.05, 3.63) is 59.4 Å². The van der Waals surface area contributed by atoms with Crippen molar-refractivity contribution in [1.82, 2.24) is 0 Å². The average Bonchev–Trinajstić information content (AvgIpc) is 2.69. The molecule has 0 saturated carbocycles. The minimum absolute atomic E-state index is 0.0291. The summed E-state index contributed by atoms with van der Waals surface area (Å²) >= 11 is 0. The van der Waals surface area contributed by atoms with Gasteiger partial charge < -0.3 is 30.5 Å². The number of phenolic OH excluding ortho intramolecular Hbond substituents is 1. The van der Waals surface area contributed by atoms with E-state index < -0.39 is 35.4 Å². The number of allylic oxidation sites excluding steroid dienone is 3. The van der Waals surface area contributed by atoms with E-state index in [0.29, 0.717) is 16.8 Å². The van der Waals surface area contributed by atoms with Gasteiger partial charge in [-0.1, -0.05) is 25.2 Å². The third-order valence-electron chi connectivity index (χ3n) is 5.45. The van der Waals surface area contributed by atoms with Crippen molar-refractivity contribution in [2.45, 2.75) is 57.8 Å². The number of hydrogen-bond donors (Lipinski definition) is 5. The number of aliphatic hydroxyl groups is 3. The van der Waals surface area contributed by atoms with Crippen molar-refractivity contribution < 1.29 is 34.8 Å². The van der Waals surface area contributed by atoms with Crippen molar-refractivity contribution in [3.8, 4) is 5.75 Å². The molecule has 2 rings (SSSR count). The highest BCUT2D eigenvalue weighted by Gasteiger charge is 2.22. The summed E-state index contributed by atoms with van der Waals surface area (Å²) in [7, 11) is 1.35. The number of carbonyl (C=O) groups excluding carboxylic acids is 2. The van der Waals surface area contributed by atoms with Crippen molar-refractivity contribution >= 4 is 17.4 Å². The largest absolute Gasteiger partial charge is 0.508 e. The van der Waals surface area contributed by atoms with Gasteiger partial charge in [-0.15, -0.1) is 0 Å². The summed E-state index contributed by atoms with van der Waals surface area (Å²) in [6, 6.07) is 4.48. The summed E-state index contributed by atoms with van der Waals surface area (Å²) in [4.78, 5) is 25.0. The van der Waals surface area contributed by atoms with E-state index in [1.807, 2.05) is 0 Å². The van der Waals surface area contributed by atoms with E-state index in [2.05, 4.69) is 5.32 Å². The van der Waals surface area contributed by atoms with Crippen LogP contribution >= 0.6 is 0 Å². The van der Waals surface area contributed by atoms with Crippen LogP contribution in [0.1, 0.15) is 39.2 Å². The Hall–Kier alpha value is -2.94. The second-order valence-corrected chi connectivity index (χ2v) is 8.75. The fourth-order valence-electron chi connectivity index (χ4n) is 3.60. The van der Waals surface area contributed by atoms with E-state index in [4.69, 9.17) is 4.74 Å². The Kier molecular flexibility index (Phi) is 8.99. The fourth-order valence-corrected chi connectivity index (χ4v) is 3.60. The first kappa shape index (κ1) is 26.3. The molecule has 0 aliphatic carbocycles. The standard InChI is InChI=1S/C25H33NO7/c1-15-8-16(2)21(29)13-24(31)26-18-9-17(10-19(27)11-18)14-25(3,32)7-5-6-23(33-4)22(30)12-20(15)28/h5-11,15,20-21,27-29,32H,12-14H2,1-4H3,(H,26,31)/b7-5+,16-8+,23-6-/t15-,20-,21-,25?/m0/s1. The third-order valence-corrected chi connectivity index (χ3v) is 5.45. The van der Waals surface area contributed by atoms with E-state index in [-0.39, 0.29) is 30.8 Å². The number of hydrogen-bond acceptors (Lipinski definition) is 7. The first-order valence-electron chi connectivity index (χ1n) is 10.8. The van der Waals surface area contributed by atoms with Crippen LogP contribution in [-0.2, 0) is 20.7 Å². The van der Waals surface area contributed by atoms with Gasteiger partial charge in [0, 0.05) is 30.5 Å². The molecule has 1 aliphatic rings. The maximum absolute atomic E-state index is 12.5. The number of anilines is 1. The van der Waals surface area contributed by atoms with Crippen LogP contribution in [-0.4, -0.2) is 57.0 Å². The van der Waals surface area contributed by atoms with Crippen LogP contribution in [0.3, 0.4) is 0 Å². The maximum atomic E-state index is 12.5. The second kappa shape index (κ2) is 11.3. The van der Waals surface area contributed by atoms with Gasteiger partial charge in [0.25, 0.3) is 0 Å². The van der Waals surface area contributed by atoms with Crippen LogP contribution in [0.4, 0.5) is 5.69 Å². The van der Waals surface area contributed by atoms with Crippen LogP contribution < -0.4 is 5.32 Å². The molecule has 0 aromatic heterocycles. The molecule has 2 bridgehead atoms. The van der Waals surface area contributed by atoms with Gasteiger partial charge in [0.2, 0.25) is 5.91 Å². The van der Waals surface area contributed by atoms with Gasteiger partial charge in [0.15, 0.2) is 11.5 Å². The van der Waals surface area contributed by atoms with Gasteiger partial charge in [-0.05, 0) is 43.2 Å². The Morgan fingerprint density at radius 3 is 2.52 bits per heavy atom. The number of ether oxygens (including phenoxy) is 1. The molecule has 0 radical (unpaired) electrons. The van der Waals surface area contributed by atoms with E-state index in [0.717, 1.165) is 0 Å². The Balaban J connectivity index is 2.44. The fraction of sp³-hybridized carbons (Fsp3) is 0.440. The smallest absolute Gasteiger partial charge is 0.227 e. The summed E-state index contributed by atoms with van der Waals surface area (Å²) in [5.74, 6) is -1.39. The number of carbonyl (C=O) groups is 2. The molecule has 0 saturated heterocycles. The van der Waals surface area contributed by atoms with Gasteiger partial charge in [-0.25, -0.2) is 0 Å². The molecule has 1 aromatic carbocycles. The van der Waals surface area contributed by atoms with Crippen molar-refractivity contribution in [3.63, 3.8) is 0 Å². The number of nitrogens with one attached hydrogen (secondary N) is 1. The first-order valence-corrected chi connectivity index (χ1v) is 10.8. The Morgan fingerprint density at radius 1 is 1.15 bits per heavy atom. The summed E-state index contributed by atoms with van der Waals surface area (Å²) in [6.07, 6.45) is 3.60. The third kappa shape index (κ3) is 8.16. The minimum atomic E-state index is -1.33. The van der Waals surface area contributed by atoms with Crippen molar-refractivity contribution in [2.75, 3.05) is 12.4 Å². The van der Waals surface area contributed by atoms with E-state index >= 15 is 0 Å². The second-order valence-electron chi connectivity index (χ2n) is 8.75. The molecule has 5 N–H and O–H groups in total. The average molecular weight is 460 g/mol. The van der Waals surface area contributed by atoms with Crippen LogP contribution in [0, 0.1) is 5.92 Å². The topological polar surface area (TPSA) is 136 Å². The number of aromatic hydroxyl groups is 1. The number of Topliss-reactive ketones (excluding diaryl/α,β-unsaturated/α-hetero) is 1. The predicted octanol–water partition coefficient (Wildman–Crippen LogP) is 2.38. The number of ketones is 1. The molecule has 1 aliphatic heterocycles. The Morgan fingerprint density at radius 2 is 1.85 bits per heavy atom. The molecule has 1 amide bonds. The molecule has 1 unspecified atom stereocenters. The number of rotatable bonds is 1. The minimum Gasteiger partial charge on any atom is -0.508 e. The van der Waals surface area contributed by atoms with Gasteiger partial charge >= 0.3 is 0 Å². The summed E-state index contributed by atoms with van der Waals surface area (Å²) in [5.41, 5.74) is 0.0536. The molecule has 0 spiro atoms. The van der Waals surface area contributed by atoms with Crippen LogP contribution in [0.2, 0.25) is 0 Å².